The minimum atomic E-state index is 0.584. The fourth-order valence-corrected chi connectivity index (χ4v) is 1.31. The molecule has 0 aliphatic heterocycles. The van der Waals surface area contributed by atoms with Gasteiger partial charge >= 0.3 is 0 Å². The lowest BCUT2D eigenvalue weighted by molar-refractivity contribution is 0.363. The summed E-state index contributed by atoms with van der Waals surface area (Å²) in [5.41, 5.74) is 1.23. The second-order valence-corrected chi connectivity index (χ2v) is 3.49. The monoisotopic (exact) mass is 210 g/mol. The molecule has 3 heteroatoms. The average molecular weight is 211 g/mol. The van der Waals surface area contributed by atoms with Gasteiger partial charge in [-0.25, -0.2) is 0 Å². The van der Waals surface area contributed by atoms with Crippen molar-refractivity contribution in [1.29, 1.82) is 0 Å². The number of likely N-dealkylation sites (N-methyl/N-ethyl adjacent to an activating group) is 1. The van der Waals surface area contributed by atoms with Crippen LogP contribution in [-0.4, -0.2) is 29.4 Å². The predicted octanol–water partition coefficient (Wildman–Crippen LogP) is 2.31. The van der Waals surface area contributed by atoms with Crippen LogP contribution in [0.5, 0.6) is 0 Å². The zero-order valence-electron chi connectivity index (χ0n) is 8.36. The van der Waals surface area contributed by atoms with E-state index in [2.05, 4.69) is 29.1 Å². The van der Waals surface area contributed by atoms with Crippen molar-refractivity contribution >= 4 is 11.6 Å². The van der Waals surface area contributed by atoms with E-state index in [-0.39, 0.29) is 0 Å². The van der Waals surface area contributed by atoms with Crippen molar-refractivity contribution in [1.82, 2.24) is 9.88 Å². The number of aromatic nitrogens is 1. The molecule has 0 fully saturated rings. The van der Waals surface area contributed by atoms with Crippen LogP contribution in [0.25, 0.3) is 0 Å². The molecule has 0 amide bonds. The highest BCUT2D eigenvalue weighted by Gasteiger charge is 1.96. The van der Waals surface area contributed by atoms with E-state index in [9.17, 15) is 0 Å². The number of rotatable bonds is 5. The largest absolute Gasteiger partial charge is 0.298 e. The normalized spacial score (nSPS) is 11.4. The molecule has 0 saturated carbocycles. The first-order chi connectivity index (χ1) is 6.83. The van der Waals surface area contributed by atoms with Gasteiger partial charge in [0.2, 0.25) is 0 Å². The Bertz CT molecular complexity index is 272. The molecule has 0 aromatic carbocycles. The van der Waals surface area contributed by atoms with Crippen molar-refractivity contribution < 1.29 is 0 Å². The quantitative estimate of drug-likeness (QED) is 0.548. The third kappa shape index (κ3) is 4.40. The number of alkyl halides is 1. The van der Waals surface area contributed by atoms with Crippen LogP contribution < -0.4 is 0 Å². The van der Waals surface area contributed by atoms with Crippen LogP contribution in [0, 0.1) is 0 Å². The number of halogens is 1. The van der Waals surface area contributed by atoms with Crippen LogP contribution in [0.1, 0.15) is 5.56 Å². The molecule has 0 aliphatic rings. The van der Waals surface area contributed by atoms with Gasteiger partial charge in [0.15, 0.2) is 0 Å². The standard InChI is InChI=1S/C11H15ClN2/c1-14(8-3-2-6-12)10-11-5-4-7-13-9-11/h2-5,7,9H,6,8,10H2,1H3. The van der Waals surface area contributed by atoms with E-state index in [1.165, 1.54) is 5.56 Å². The summed E-state index contributed by atoms with van der Waals surface area (Å²) < 4.78 is 0. The van der Waals surface area contributed by atoms with E-state index in [1.807, 2.05) is 18.3 Å². The fraction of sp³-hybridized carbons (Fsp3) is 0.364. The number of allylic oxidation sites excluding steroid dienone is 1. The summed E-state index contributed by atoms with van der Waals surface area (Å²) in [5, 5.41) is 0. The Labute approximate surface area is 90.2 Å². The molecule has 0 aliphatic carbocycles. The third-order valence-corrected chi connectivity index (χ3v) is 2.03. The van der Waals surface area contributed by atoms with Crippen LogP contribution in [-0.2, 0) is 6.54 Å². The summed E-state index contributed by atoms with van der Waals surface area (Å²) >= 11 is 5.53. The summed E-state index contributed by atoms with van der Waals surface area (Å²) in [6.07, 6.45) is 7.71. The molecule has 0 bridgehead atoms. The molecular weight excluding hydrogens is 196 g/mol. The summed E-state index contributed by atoms with van der Waals surface area (Å²) in [5.74, 6) is 0.584. The molecule has 1 heterocycles. The first-order valence-electron chi connectivity index (χ1n) is 4.61. The van der Waals surface area contributed by atoms with Crippen molar-refractivity contribution in [2.45, 2.75) is 6.54 Å². The maximum Gasteiger partial charge on any atom is 0.0404 e. The topological polar surface area (TPSA) is 16.1 Å². The van der Waals surface area contributed by atoms with Gasteiger partial charge in [-0.2, -0.15) is 0 Å². The minimum absolute atomic E-state index is 0.584. The molecule has 0 unspecified atom stereocenters. The van der Waals surface area contributed by atoms with Crippen molar-refractivity contribution in [3.8, 4) is 0 Å². The van der Waals surface area contributed by atoms with E-state index in [0.717, 1.165) is 13.1 Å². The van der Waals surface area contributed by atoms with Gasteiger partial charge in [-0.15, -0.1) is 11.6 Å². The van der Waals surface area contributed by atoms with Crippen LogP contribution in [0.3, 0.4) is 0 Å². The zero-order chi connectivity index (χ0) is 10.2. The summed E-state index contributed by atoms with van der Waals surface area (Å²) in [4.78, 5) is 6.28. The first-order valence-corrected chi connectivity index (χ1v) is 5.15. The van der Waals surface area contributed by atoms with E-state index in [4.69, 9.17) is 11.6 Å². The van der Waals surface area contributed by atoms with Crippen LogP contribution in [0.2, 0.25) is 0 Å². The molecule has 0 radical (unpaired) electrons. The molecular formula is C11H15ClN2. The fourth-order valence-electron chi connectivity index (χ4n) is 1.19. The van der Waals surface area contributed by atoms with Crippen LogP contribution in [0.15, 0.2) is 36.7 Å². The highest BCUT2D eigenvalue weighted by molar-refractivity contribution is 6.18. The Morgan fingerprint density at radius 1 is 1.50 bits per heavy atom. The molecule has 2 nitrogen and oxygen atoms in total. The van der Waals surface area contributed by atoms with E-state index in [0.29, 0.717) is 5.88 Å². The molecule has 0 N–H and O–H groups in total. The maximum absolute atomic E-state index is 5.53. The lowest BCUT2D eigenvalue weighted by Crippen LogP contribution is -2.17. The highest BCUT2D eigenvalue weighted by atomic mass is 35.5. The lowest BCUT2D eigenvalue weighted by Gasteiger charge is -2.13. The van der Waals surface area contributed by atoms with E-state index in [1.54, 1.807) is 6.20 Å². The Hall–Kier alpha value is -0.860. The van der Waals surface area contributed by atoms with Crippen LogP contribution in [0.4, 0.5) is 0 Å². The van der Waals surface area contributed by atoms with Gasteiger partial charge in [0.25, 0.3) is 0 Å². The molecule has 0 spiro atoms. The number of hydrogen-bond acceptors (Lipinski definition) is 2. The van der Waals surface area contributed by atoms with Gasteiger partial charge in [-0.1, -0.05) is 18.2 Å². The van der Waals surface area contributed by atoms with Crippen molar-refractivity contribution in [3.63, 3.8) is 0 Å². The van der Waals surface area contributed by atoms with Gasteiger partial charge in [-0.05, 0) is 18.7 Å². The van der Waals surface area contributed by atoms with E-state index >= 15 is 0 Å². The Balaban J connectivity index is 2.34. The average Bonchev–Trinajstić information content (AvgIpc) is 2.20. The lowest BCUT2D eigenvalue weighted by atomic mass is 10.3. The molecule has 0 atom stereocenters. The molecule has 1 aromatic heterocycles. The number of pyridine rings is 1. The number of hydrogen-bond donors (Lipinski definition) is 0. The van der Waals surface area contributed by atoms with Gasteiger partial charge in [0.1, 0.15) is 0 Å². The van der Waals surface area contributed by atoms with Crippen molar-refractivity contribution in [2.24, 2.45) is 0 Å². The van der Waals surface area contributed by atoms with Gasteiger partial charge in [0.05, 0.1) is 0 Å². The van der Waals surface area contributed by atoms with Gasteiger partial charge in [-0.3, -0.25) is 9.88 Å². The second kappa shape index (κ2) is 6.57. The number of nitrogens with zero attached hydrogens (tertiary/aromatic N) is 2. The molecule has 14 heavy (non-hydrogen) atoms. The predicted molar refractivity (Wildman–Crippen MR) is 60.4 cm³/mol. The van der Waals surface area contributed by atoms with E-state index < -0.39 is 0 Å². The summed E-state index contributed by atoms with van der Waals surface area (Å²) in [6.45, 7) is 1.84. The Morgan fingerprint density at radius 3 is 3.00 bits per heavy atom. The summed E-state index contributed by atoms with van der Waals surface area (Å²) in [6, 6.07) is 4.03. The van der Waals surface area contributed by atoms with Crippen molar-refractivity contribution in [2.75, 3.05) is 19.5 Å². The van der Waals surface area contributed by atoms with Gasteiger partial charge in [0, 0.05) is 31.4 Å². The maximum atomic E-state index is 5.53. The minimum Gasteiger partial charge on any atom is -0.298 e. The smallest absolute Gasteiger partial charge is 0.0404 e. The first kappa shape index (κ1) is 11.2. The second-order valence-electron chi connectivity index (χ2n) is 3.18. The molecule has 1 aromatic rings. The highest BCUT2D eigenvalue weighted by Crippen LogP contribution is 2.00. The zero-order valence-corrected chi connectivity index (χ0v) is 9.11. The van der Waals surface area contributed by atoms with Crippen LogP contribution >= 0.6 is 11.6 Å². The van der Waals surface area contributed by atoms with Crippen molar-refractivity contribution in [3.05, 3.63) is 42.2 Å². The Morgan fingerprint density at radius 2 is 2.36 bits per heavy atom. The van der Waals surface area contributed by atoms with Gasteiger partial charge < -0.3 is 0 Å². The molecule has 0 saturated heterocycles. The molecule has 76 valence electrons. The Kier molecular flexibility index (Phi) is 5.27. The third-order valence-electron chi connectivity index (χ3n) is 1.85. The summed E-state index contributed by atoms with van der Waals surface area (Å²) in [7, 11) is 2.07. The SMILES string of the molecule is CN(CC=CCCl)Cc1cccnc1. The molecule has 1 rings (SSSR count).